The largest absolute Gasteiger partial charge is 0.383 e. The van der Waals surface area contributed by atoms with Crippen LogP contribution >= 0.6 is 0 Å². The van der Waals surface area contributed by atoms with Crippen LogP contribution in [-0.4, -0.2) is 4.98 Å². The highest BCUT2D eigenvalue weighted by molar-refractivity contribution is 5.86. The maximum atomic E-state index is 5.94. The molecule has 2 heterocycles. The van der Waals surface area contributed by atoms with Crippen LogP contribution in [0.25, 0.3) is 10.9 Å². The molecule has 1 aromatic heterocycles. The predicted molar refractivity (Wildman–Crippen MR) is 64.0 cm³/mol. The fraction of sp³-hybridized carbons (Fsp3) is 0.308. The maximum absolute atomic E-state index is 5.94. The van der Waals surface area contributed by atoms with Gasteiger partial charge in [0.1, 0.15) is 5.82 Å². The van der Waals surface area contributed by atoms with Gasteiger partial charge in [0, 0.05) is 10.9 Å². The molecule has 0 bridgehead atoms. The van der Waals surface area contributed by atoms with Gasteiger partial charge in [0.15, 0.2) is 0 Å². The molecule has 3 nitrogen and oxygen atoms in total. The van der Waals surface area contributed by atoms with Gasteiger partial charge < -0.3 is 10.5 Å². The number of nitrogens with two attached hydrogens (primary N) is 1. The van der Waals surface area contributed by atoms with Crippen LogP contribution in [0, 0.1) is 0 Å². The summed E-state index contributed by atoms with van der Waals surface area (Å²) in [4.78, 5) is 4.45. The van der Waals surface area contributed by atoms with E-state index in [9.17, 15) is 0 Å². The van der Waals surface area contributed by atoms with E-state index in [-0.39, 0.29) is 0 Å². The third-order valence-electron chi connectivity index (χ3n) is 3.20. The van der Waals surface area contributed by atoms with Crippen LogP contribution < -0.4 is 5.73 Å². The van der Waals surface area contributed by atoms with E-state index < -0.39 is 0 Å². The van der Waals surface area contributed by atoms with Crippen molar-refractivity contribution >= 4 is 16.7 Å². The van der Waals surface area contributed by atoms with Crippen molar-refractivity contribution in [3.63, 3.8) is 0 Å². The lowest BCUT2D eigenvalue weighted by Gasteiger charge is -2.07. The second-order valence-corrected chi connectivity index (χ2v) is 4.15. The van der Waals surface area contributed by atoms with E-state index in [1.165, 1.54) is 16.5 Å². The van der Waals surface area contributed by atoms with Gasteiger partial charge in [0.05, 0.1) is 18.7 Å². The fourth-order valence-corrected chi connectivity index (χ4v) is 2.24. The first-order valence-electron chi connectivity index (χ1n) is 5.57. The Labute approximate surface area is 94.2 Å². The highest BCUT2D eigenvalue weighted by Gasteiger charge is 2.18. The van der Waals surface area contributed by atoms with E-state index in [0.717, 1.165) is 17.5 Å². The molecule has 0 saturated carbocycles. The molecule has 2 aromatic rings. The number of nitrogens with zero attached hydrogens (tertiary/aromatic N) is 1. The predicted octanol–water partition coefficient (Wildman–Crippen LogP) is 2.41. The van der Waals surface area contributed by atoms with Crippen molar-refractivity contribution in [1.82, 2.24) is 4.98 Å². The molecule has 3 heteroatoms. The van der Waals surface area contributed by atoms with E-state index in [2.05, 4.69) is 30.1 Å². The molecule has 1 aliphatic rings. The van der Waals surface area contributed by atoms with Gasteiger partial charge >= 0.3 is 0 Å². The highest BCUT2D eigenvalue weighted by Crippen LogP contribution is 2.31. The molecular weight excluding hydrogens is 200 g/mol. The Morgan fingerprint density at radius 2 is 2.12 bits per heavy atom. The van der Waals surface area contributed by atoms with Crippen LogP contribution in [0.5, 0.6) is 0 Å². The minimum Gasteiger partial charge on any atom is -0.383 e. The molecule has 16 heavy (non-hydrogen) atoms. The number of aromatic nitrogens is 1. The molecule has 0 aliphatic carbocycles. The topological polar surface area (TPSA) is 48.1 Å². The molecule has 0 fully saturated rings. The number of aryl methyl sites for hydroxylation is 1. The summed E-state index contributed by atoms with van der Waals surface area (Å²) in [5, 5.41) is 1.18. The summed E-state index contributed by atoms with van der Waals surface area (Å²) >= 11 is 0. The Morgan fingerprint density at radius 3 is 2.94 bits per heavy atom. The van der Waals surface area contributed by atoms with Crippen LogP contribution in [0.3, 0.4) is 0 Å². The third-order valence-corrected chi connectivity index (χ3v) is 3.20. The molecule has 1 aliphatic heterocycles. The summed E-state index contributed by atoms with van der Waals surface area (Å²) in [5.74, 6) is 0.619. The lowest BCUT2D eigenvalue weighted by molar-refractivity contribution is 0.135. The first-order valence-corrected chi connectivity index (χ1v) is 5.57. The molecule has 0 spiro atoms. The summed E-state index contributed by atoms with van der Waals surface area (Å²) in [7, 11) is 0. The van der Waals surface area contributed by atoms with Gasteiger partial charge in [0.2, 0.25) is 0 Å². The maximum Gasteiger partial charge on any atom is 0.130 e. The Balaban J connectivity index is 2.33. The van der Waals surface area contributed by atoms with Crippen molar-refractivity contribution in [2.24, 2.45) is 0 Å². The zero-order chi connectivity index (χ0) is 11.1. The van der Waals surface area contributed by atoms with Crippen molar-refractivity contribution in [2.75, 3.05) is 5.73 Å². The Hall–Kier alpha value is -1.61. The Morgan fingerprint density at radius 1 is 1.31 bits per heavy atom. The number of hydrogen-bond acceptors (Lipinski definition) is 3. The minimum absolute atomic E-state index is 0.597. The number of benzene rings is 1. The van der Waals surface area contributed by atoms with Crippen LogP contribution in [0.1, 0.15) is 23.6 Å². The monoisotopic (exact) mass is 214 g/mol. The molecule has 0 radical (unpaired) electrons. The average molecular weight is 214 g/mol. The zero-order valence-electron chi connectivity index (χ0n) is 9.29. The zero-order valence-corrected chi connectivity index (χ0v) is 9.29. The lowest BCUT2D eigenvalue weighted by Crippen LogP contribution is -1.99. The summed E-state index contributed by atoms with van der Waals surface area (Å²) in [6.07, 6.45) is 1.02. The van der Waals surface area contributed by atoms with Crippen molar-refractivity contribution in [3.8, 4) is 0 Å². The number of nitrogen functional groups attached to an aromatic ring is 1. The van der Waals surface area contributed by atoms with Gasteiger partial charge in [-0.25, -0.2) is 4.98 Å². The van der Waals surface area contributed by atoms with Gasteiger partial charge in [-0.1, -0.05) is 19.1 Å². The van der Waals surface area contributed by atoms with Crippen molar-refractivity contribution in [3.05, 3.63) is 34.9 Å². The smallest absolute Gasteiger partial charge is 0.130 e. The van der Waals surface area contributed by atoms with Gasteiger partial charge in [-0.2, -0.15) is 0 Å². The van der Waals surface area contributed by atoms with Crippen LogP contribution in [-0.2, 0) is 24.4 Å². The number of ether oxygens (including phenoxy) is 1. The molecule has 0 amide bonds. The van der Waals surface area contributed by atoms with E-state index >= 15 is 0 Å². The number of pyridine rings is 1. The average Bonchev–Trinajstić information content (AvgIpc) is 2.78. The van der Waals surface area contributed by atoms with E-state index in [1.54, 1.807) is 0 Å². The highest BCUT2D eigenvalue weighted by atomic mass is 16.5. The van der Waals surface area contributed by atoms with Crippen molar-refractivity contribution < 1.29 is 4.74 Å². The molecule has 3 rings (SSSR count). The second-order valence-electron chi connectivity index (χ2n) is 4.15. The Kier molecular flexibility index (Phi) is 2.07. The SMILES string of the molecule is CCc1ccc2c3c(c(N)nc2c1)COC3. The normalized spacial score (nSPS) is 14.3. The van der Waals surface area contributed by atoms with Gasteiger partial charge in [-0.3, -0.25) is 0 Å². The van der Waals surface area contributed by atoms with Crippen molar-refractivity contribution in [2.45, 2.75) is 26.6 Å². The van der Waals surface area contributed by atoms with E-state index in [1.807, 2.05) is 0 Å². The number of hydrogen-bond donors (Lipinski definition) is 1. The lowest BCUT2D eigenvalue weighted by atomic mass is 10.0. The van der Waals surface area contributed by atoms with E-state index in [4.69, 9.17) is 10.5 Å². The molecular formula is C13H14N2O. The summed E-state index contributed by atoms with van der Waals surface area (Å²) in [5.41, 5.74) is 10.5. The number of rotatable bonds is 1. The van der Waals surface area contributed by atoms with Crippen LogP contribution in [0.15, 0.2) is 18.2 Å². The fourth-order valence-electron chi connectivity index (χ4n) is 2.24. The summed E-state index contributed by atoms with van der Waals surface area (Å²) in [6, 6.07) is 6.40. The molecule has 0 saturated heterocycles. The molecule has 82 valence electrons. The summed E-state index contributed by atoms with van der Waals surface area (Å²) < 4.78 is 5.44. The first-order chi connectivity index (χ1) is 7.79. The third kappa shape index (κ3) is 1.28. The molecule has 0 unspecified atom stereocenters. The summed E-state index contributed by atoms with van der Waals surface area (Å²) in [6.45, 7) is 3.39. The van der Waals surface area contributed by atoms with Crippen LogP contribution in [0.4, 0.5) is 5.82 Å². The molecule has 0 atom stereocenters. The molecule has 2 N–H and O–H groups in total. The minimum atomic E-state index is 0.597. The van der Waals surface area contributed by atoms with Crippen molar-refractivity contribution in [1.29, 1.82) is 0 Å². The van der Waals surface area contributed by atoms with Gasteiger partial charge in [0.25, 0.3) is 0 Å². The van der Waals surface area contributed by atoms with E-state index in [0.29, 0.717) is 19.0 Å². The first kappa shape index (κ1) is 9.60. The van der Waals surface area contributed by atoms with Gasteiger partial charge in [-0.05, 0) is 23.6 Å². The number of anilines is 1. The van der Waals surface area contributed by atoms with Gasteiger partial charge in [-0.15, -0.1) is 0 Å². The second kappa shape index (κ2) is 3.46. The number of fused-ring (bicyclic) bond motifs is 3. The van der Waals surface area contributed by atoms with Crippen LogP contribution in [0.2, 0.25) is 0 Å². The standard InChI is InChI=1S/C13H14N2O/c1-2-8-3-4-9-10-6-16-7-11(10)13(14)15-12(9)5-8/h3-5H,2,6-7H2,1H3,(H2,14,15). The Bertz CT molecular complexity index is 563. The quantitative estimate of drug-likeness (QED) is 0.793. The molecule has 1 aromatic carbocycles.